The van der Waals surface area contributed by atoms with E-state index in [2.05, 4.69) is 37.0 Å². The van der Waals surface area contributed by atoms with Crippen LogP contribution in [-0.2, 0) is 20.7 Å². The number of fused-ring (bicyclic) bond motifs is 1. The molecule has 0 bridgehead atoms. The molecular formula is C30H38N4O4S. The summed E-state index contributed by atoms with van der Waals surface area (Å²) in [5.41, 5.74) is 4.93. The van der Waals surface area contributed by atoms with Crippen LogP contribution in [0.15, 0.2) is 18.3 Å². The lowest BCUT2D eigenvalue weighted by atomic mass is 9.86. The normalized spacial score (nSPS) is 15.9. The fourth-order valence-electron chi connectivity index (χ4n) is 5.44. The summed E-state index contributed by atoms with van der Waals surface area (Å²) in [5, 5.41) is 13.3. The van der Waals surface area contributed by atoms with Crippen molar-refractivity contribution in [2.24, 2.45) is 0 Å². The SMILES string of the molecule is Cc1cc2nc(N(C)CCN(C)C)sc2c(C2=c3nccc4c3=C(CC2)OCC4)c1[C@H](OC(C)(C)C)C(=O)O. The molecule has 39 heavy (non-hydrogen) atoms. The van der Waals surface area contributed by atoms with Gasteiger partial charge in [-0.05, 0) is 77.0 Å². The van der Waals surface area contributed by atoms with Gasteiger partial charge in [0.25, 0.3) is 0 Å². The van der Waals surface area contributed by atoms with Crippen LogP contribution in [0.4, 0.5) is 5.13 Å². The molecular weight excluding hydrogens is 512 g/mol. The van der Waals surface area contributed by atoms with Crippen LogP contribution in [0.1, 0.15) is 62.0 Å². The third-order valence-corrected chi connectivity index (χ3v) is 8.44. The number of carbonyl (C=O) groups is 1. The molecule has 0 amide bonds. The van der Waals surface area contributed by atoms with E-state index in [-0.39, 0.29) is 0 Å². The van der Waals surface area contributed by atoms with E-state index in [0.717, 1.165) is 74.3 Å². The van der Waals surface area contributed by atoms with Crippen LogP contribution in [0.25, 0.3) is 21.5 Å². The fourth-order valence-corrected chi connectivity index (χ4v) is 6.55. The molecule has 8 nitrogen and oxygen atoms in total. The summed E-state index contributed by atoms with van der Waals surface area (Å²) in [6.07, 6.45) is 3.03. The Morgan fingerprint density at radius 1 is 1.21 bits per heavy atom. The van der Waals surface area contributed by atoms with Crippen LogP contribution in [0.2, 0.25) is 0 Å². The Hall–Kier alpha value is -3.01. The highest BCUT2D eigenvalue weighted by Gasteiger charge is 2.34. The molecule has 0 saturated heterocycles. The van der Waals surface area contributed by atoms with Crippen LogP contribution < -0.4 is 15.5 Å². The molecule has 0 spiro atoms. The maximum Gasteiger partial charge on any atom is 0.337 e. The first kappa shape index (κ1) is 27.6. The van der Waals surface area contributed by atoms with E-state index < -0.39 is 17.7 Å². The van der Waals surface area contributed by atoms with Crippen LogP contribution in [0.5, 0.6) is 0 Å². The first-order valence-corrected chi connectivity index (χ1v) is 14.3. The molecule has 1 aliphatic carbocycles. The average molecular weight is 551 g/mol. The quantitative estimate of drug-likeness (QED) is 0.455. The molecule has 0 radical (unpaired) electrons. The summed E-state index contributed by atoms with van der Waals surface area (Å²) in [7, 11) is 6.17. The van der Waals surface area contributed by atoms with Gasteiger partial charge >= 0.3 is 5.97 Å². The minimum Gasteiger partial charge on any atom is -0.497 e. The van der Waals surface area contributed by atoms with Gasteiger partial charge < -0.3 is 24.4 Å². The zero-order valence-corrected chi connectivity index (χ0v) is 24.7. The third-order valence-electron chi connectivity index (χ3n) is 7.24. The monoisotopic (exact) mass is 550 g/mol. The van der Waals surface area contributed by atoms with E-state index in [4.69, 9.17) is 19.4 Å². The Kier molecular flexibility index (Phi) is 7.43. The number of aromatic nitrogens is 2. The second-order valence-electron chi connectivity index (χ2n) is 11.7. The second kappa shape index (κ2) is 10.5. The Morgan fingerprint density at radius 2 is 1.97 bits per heavy atom. The number of benzene rings is 1. The first-order chi connectivity index (χ1) is 18.4. The highest BCUT2D eigenvalue weighted by molar-refractivity contribution is 7.22. The van der Waals surface area contributed by atoms with Gasteiger partial charge in [0.1, 0.15) is 5.76 Å². The van der Waals surface area contributed by atoms with Crippen molar-refractivity contribution in [3.8, 4) is 0 Å². The van der Waals surface area contributed by atoms with Crippen LogP contribution >= 0.6 is 11.3 Å². The van der Waals surface area contributed by atoms with Gasteiger partial charge in [-0.1, -0.05) is 11.3 Å². The lowest BCUT2D eigenvalue weighted by molar-refractivity contribution is -0.160. The lowest BCUT2D eigenvalue weighted by Gasteiger charge is -2.29. The van der Waals surface area contributed by atoms with E-state index in [1.807, 2.05) is 40.0 Å². The van der Waals surface area contributed by atoms with Crippen LogP contribution in [-0.4, -0.2) is 72.4 Å². The number of ether oxygens (including phenoxy) is 2. The number of aryl methyl sites for hydroxylation is 1. The molecule has 9 heteroatoms. The molecule has 2 aromatic heterocycles. The zero-order valence-electron chi connectivity index (χ0n) is 23.9. The van der Waals surface area contributed by atoms with Crippen LogP contribution in [0.3, 0.4) is 0 Å². The molecule has 3 aromatic rings. The molecule has 208 valence electrons. The van der Waals surface area contributed by atoms with Crippen molar-refractivity contribution in [1.82, 2.24) is 14.9 Å². The maximum atomic E-state index is 12.8. The van der Waals surface area contributed by atoms with Crippen molar-refractivity contribution in [2.75, 3.05) is 45.7 Å². The predicted octanol–water partition coefficient (Wildman–Crippen LogP) is 3.61. The molecule has 0 saturated carbocycles. The zero-order chi connectivity index (χ0) is 28.1. The first-order valence-electron chi connectivity index (χ1n) is 13.5. The Morgan fingerprint density at radius 3 is 2.67 bits per heavy atom. The van der Waals surface area contributed by atoms with Crippen molar-refractivity contribution < 1.29 is 19.4 Å². The number of carboxylic acids is 1. The molecule has 2 aliphatic rings. The van der Waals surface area contributed by atoms with Crippen molar-refractivity contribution in [3.05, 3.63) is 51.2 Å². The van der Waals surface area contributed by atoms with E-state index in [1.165, 1.54) is 5.56 Å². The van der Waals surface area contributed by atoms with E-state index in [0.29, 0.717) is 18.6 Å². The van der Waals surface area contributed by atoms with E-state index in [1.54, 1.807) is 11.3 Å². The maximum absolute atomic E-state index is 12.8. The van der Waals surface area contributed by atoms with Gasteiger partial charge in [-0.2, -0.15) is 0 Å². The number of pyridine rings is 1. The number of hydrogen-bond donors (Lipinski definition) is 1. The van der Waals surface area contributed by atoms with E-state index >= 15 is 0 Å². The third kappa shape index (κ3) is 5.40. The molecule has 5 rings (SSSR count). The minimum atomic E-state index is -1.13. The summed E-state index contributed by atoms with van der Waals surface area (Å²) in [6.45, 7) is 10.1. The molecule has 1 atom stereocenters. The fraction of sp³-hybridized carbons (Fsp3) is 0.500. The largest absolute Gasteiger partial charge is 0.497 e. The summed E-state index contributed by atoms with van der Waals surface area (Å²) in [5.74, 6) is -0.0146. The van der Waals surface area contributed by atoms with Crippen molar-refractivity contribution in [2.45, 2.75) is 58.7 Å². The van der Waals surface area contributed by atoms with Gasteiger partial charge in [-0.3, -0.25) is 4.98 Å². The lowest BCUT2D eigenvalue weighted by Crippen LogP contribution is -2.41. The van der Waals surface area contributed by atoms with Gasteiger partial charge in [0.2, 0.25) is 0 Å². The van der Waals surface area contributed by atoms with Gasteiger partial charge in [0, 0.05) is 55.5 Å². The van der Waals surface area contributed by atoms with Gasteiger partial charge in [-0.25, -0.2) is 9.78 Å². The molecule has 1 aromatic carbocycles. The minimum absolute atomic E-state index is 0.650. The standard InChI is InChI=1S/C30H38N4O4S/c1-17-16-20-27(39-29(32-20)34(7)14-13-33(5)6)24(22(17)26(28(35)36)38-30(2,3)4)19-8-9-21-23-18(11-15-37-21)10-12-31-25(19)23/h10,12,16,26H,8-9,11,13-15H2,1-7H3,(H,35,36)/t26-/m0/s1. The molecule has 0 fully saturated rings. The number of carboxylic acid groups (broad SMARTS) is 1. The molecule has 1 N–H and O–H groups in total. The number of aliphatic carboxylic acids is 1. The molecule has 3 heterocycles. The Balaban J connectivity index is 1.84. The topological polar surface area (TPSA) is 88.0 Å². The predicted molar refractivity (Wildman–Crippen MR) is 156 cm³/mol. The highest BCUT2D eigenvalue weighted by atomic mass is 32.1. The summed E-state index contributed by atoms with van der Waals surface area (Å²) < 4.78 is 13.3. The molecule has 0 unspecified atom stereocenters. The smallest absolute Gasteiger partial charge is 0.337 e. The number of hydrogen-bond acceptors (Lipinski definition) is 8. The Bertz CT molecular complexity index is 1550. The second-order valence-corrected chi connectivity index (χ2v) is 12.7. The molecule has 1 aliphatic heterocycles. The number of nitrogens with zero attached hydrogens (tertiary/aromatic N) is 4. The number of anilines is 1. The van der Waals surface area contributed by atoms with Crippen LogP contribution in [0, 0.1) is 6.92 Å². The van der Waals surface area contributed by atoms with Crippen molar-refractivity contribution >= 4 is 44.0 Å². The number of rotatable bonds is 8. The Labute approximate surface area is 233 Å². The van der Waals surface area contributed by atoms with Crippen molar-refractivity contribution in [3.63, 3.8) is 0 Å². The van der Waals surface area contributed by atoms with E-state index in [9.17, 15) is 9.90 Å². The number of thiazole rings is 1. The van der Waals surface area contributed by atoms with Gasteiger partial charge in [0.15, 0.2) is 11.2 Å². The summed E-state index contributed by atoms with van der Waals surface area (Å²) in [4.78, 5) is 27.0. The van der Waals surface area contributed by atoms with Gasteiger partial charge in [0.05, 0.1) is 27.8 Å². The summed E-state index contributed by atoms with van der Waals surface area (Å²) >= 11 is 1.61. The summed E-state index contributed by atoms with van der Waals surface area (Å²) in [6, 6.07) is 4.08. The highest BCUT2D eigenvalue weighted by Crippen LogP contribution is 2.43. The van der Waals surface area contributed by atoms with Gasteiger partial charge in [-0.15, -0.1) is 0 Å². The average Bonchev–Trinajstić information content (AvgIpc) is 3.29. The van der Waals surface area contributed by atoms with Crippen molar-refractivity contribution in [1.29, 1.82) is 0 Å². The number of likely N-dealkylation sites (N-methyl/N-ethyl adjacent to an activating group) is 2.